The third-order valence-electron chi connectivity index (χ3n) is 4.01. The van der Waals surface area contributed by atoms with E-state index in [1.807, 2.05) is 11.3 Å². The first-order chi connectivity index (χ1) is 9.92. The molecule has 1 aliphatic rings. The molecule has 0 amide bonds. The molecule has 20 heavy (non-hydrogen) atoms. The smallest absolute Gasteiger partial charge is 0.0299 e. The fraction of sp³-hybridized carbons (Fsp3) is 0.444. The lowest BCUT2D eigenvalue weighted by molar-refractivity contribution is 0.626. The van der Waals surface area contributed by atoms with Gasteiger partial charge in [-0.3, -0.25) is 0 Å². The standard InChI is InChI=1S/C18H23NS/c1-2-7-15(8-3-1)9-4-5-12-19-14-17-13-16-10-6-11-18(16)20-17/h1-3,7-8,13,19H,4-6,9-12,14H2. The molecule has 1 nitrogen and oxygen atoms in total. The van der Waals surface area contributed by atoms with Gasteiger partial charge in [-0.1, -0.05) is 30.3 Å². The molecule has 0 atom stereocenters. The number of thiophene rings is 1. The molecule has 1 N–H and O–H groups in total. The van der Waals surface area contributed by atoms with E-state index >= 15 is 0 Å². The van der Waals surface area contributed by atoms with Crippen molar-refractivity contribution >= 4 is 11.3 Å². The zero-order chi connectivity index (χ0) is 13.6. The number of rotatable bonds is 7. The van der Waals surface area contributed by atoms with Gasteiger partial charge in [-0.25, -0.2) is 0 Å². The Labute approximate surface area is 126 Å². The van der Waals surface area contributed by atoms with Crippen molar-refractivity contribution in [3.05, 3.63) is 57.3 Å². The van der Waals surface area contributed by atoms with Gasteiger partial charge in [0.05, 0.1) is 0 Å². The molecule has 2 aromatic rings. The van der Waals surface area contributed by atoms with Crippen LogP contribution in [0.1, 0.15) is 40.1 Å². The summed E-state index contributed by atoms with van der Waals surface area (Å²) in [5, 5.41) is 3.59. The number of hydrogen-bond acceptors (Lipinski definition) is 2. The second kappa shape index (κ2) is 7.05. The van der Waals surface area contributed by atoms with Crippen LogP contribution in [-0.2, 0) is 25.8 Å². The second-order valence-corrected chi connectivity index (χ2v) is 6.86. The highest BCUT2D eigenvalue weighted by Gasteiger charge is 2.14. The van der Waals surface area contributed by atoms with Crippen LogP contribution in [0.25, 0.3) is 0 Å². The van der Waals surface area contributed by atoms with Gasteiger partial charge >= 0.3 is 0 Å². The van der Waals surface area contributed by atoms with E-state index in [1.54, 1.807) is 10.4 Å². The number of aryl methyl sites for hydroxylation is 3. The Balaban J connectivity index is 1.30. The van der Waals surface area contributed by atoms with Crippen LogP contribution in [0.3, 0.4) is 0 Å². The molecule has 106 valence electrons. The highest BCUT2D eigenvalue weighted by Crippen LogP contribution is 2.30. The minimum atomic E-state index is 1.06. The Hall–Kier alpha value is -1.12. The van der Waals surface area contributed by atoms with Crippen molar-refractivity contribution < 1.29 is 0 Å². The topological polar surface area (TPSA) is 12.0 Å². The van der Waals surface area contributed by atoms with Crippen molar-refractivity contribution in [1.29, 1.82) is 0 Å². The molecule has 0 fully saturated rings. The molecule has 0 saturated heterocycles. The lowest BCUT2D eigenvalue weighted by Crippen LogP contribution is -2.14. The lowest BCUT2D eigenvalue weighted by Gasteiger charge is -2.04. The van der Waals surface area contributed by atoms with E-state index in [0.717, 1.165) is 13.1 Å². The van der Waals surface area contributed by atoms with Crippen LogP contribution < -0.4 is 5.32 Å². The van der Waals surface area contributed by atoms with Gasteiger partial charge in [-0.15, -0.1) is 11.3 Å². The molecular weight excluding hydrogens is 262 g/mol. The van der Waals surface area contributed by atoms with E-state index in [4.69, 9.17) is 0 Å². The highest BCUT2D eigenvalue weighted by atomic mass is 32.1. The zero-order valence-corrected chi connectivity index (χ0v) is 12.8. The van der Waals surface area contributed by atoms with Crippen molar-refractivity contribution in [2.45, 2.75) is 45.1 Å². The van der Waals surface area contributed by atoms with Gasteiger partial charge in [0.2, 0.25) is 0 Å². The number of benzene rings is 1. The van der Waals surface area contributed by atoms with Crippen LogP contribution in [0.15, 0.2) is 36.4 Å². The van der Waals surface area contributed by atoms with Crippen LogP contribution >= 0.6 is 11.3 Å². The Bertz CT molecular complexity index is 508. The Morgan fingerprint density at radius 2 is 1.95 bits per heavy atom. The van der Waals surface area contributed by atoms with E-state index in [9.17, 15) is 0 Å². The molecule has 0 saturated carbocycles. The Morgan fingerprint density at radius 1 is 1.05 bits per heavy atom. The van der Waals surface area contributed by atoms with Crippen molar-refractivity contribution in [2.75, 3.05) is 6.54 Å². The van der Waals surface area contributed by atoms with E-state index in [0.29, 0.717) is 0 Å². The predicted molar refractivity (Wildman–Crippen MR) is 87.4 cm³/mol. The van der Waals surface area contributed by atoms with Gasteiger partial charge in [-0.05, 0) is 62.3 Å². The summed E-state index contributed by atoms with van der Waals surface area (Å²) in [6.07, 6.45) is 7.74. The molecular formula is C18H23NS. The van der Waals surface area contributed by atoms with Gasteiger partial charge in [-0.2, -0.15) is 0 Å². The summed E-state index contributed by atoms with van der Waals surface area (Å²) in [6.45, 7) is 2.19. The van der Waals surface area contributed by atoms with Crippen LogP contribution in [0.5, 0.6) is 0 Å². The summed E-state index contributed by atoms with van der Waals surface area (Å²) in [5.74, 6) is 0. The normalized spacial score (nSPS) is 13.6. The number of hydrogen-bond donors (Lipinski definition) is 1. The van der Waals surface area contributed by atoms with Gasteiger partial charge in [0.1, 0.15) is 0 Å². The number of nitrogens with one attached hydrogen (secondary N) is 1. The molecule has 1 aliphatic carbocycles. The summed E-state index contributed by atoms with van der Waals surface area (Å²) in [5.41, 5.74) is 3.08. The fourth-order valence-electron chi connectivity index (χ4n) is 2.91. The zero-order valence-electron chi connectivity index (χ0n) is 12.0. The maximum Gasteiger partial charge on any atom is 0.0299 e. The van der Waals surface area contributed by atoms with E-state index in [2.05, 4.69) is 41.7 Å². The molecule has 3 rings (SSSR count). The first kappa shape index (κ1) is 13.8. The minimum absolute atomic E-state index is 1.06. The highest BCUT2D eigenvalue weighted by molar-refractivity contribution is 7.12. The van der Waals surface area contributed by atoms with Crippen molar-refractivity contribution in [2.24, 2.45) is 0 Å². The molecule has 2 heteroatoms. The average Bonchev–Trinajstić information content (AvgIpc) is 3.05. The fourth-order valence-corrected chi connectivity index (χ4v) is 4.14. The number of fused-ring (bicyclic) bond motifs is 1. The molecule has 0 radical (unpaired) electrons. The molecule has 0 unspecified atom stereocenters. The largest absolute Gasteiger partial charge is 0.312 e. The van der Waals surface area contributed by atoms with Gasteiger partial charge in [0.25, 0.3) is 0 Å². The Morgan fingerprint density at radius 3 is 2.80 bits per heavy atom. The average molecular weight is 285 g/mol. The third kappa shape index (κ3) is 3.71. The second-order valence-electron chi connectivity index (χ2n) is 5.63. The van der Waals surface area contributed by atoms with Crippen molar-refractivity contribution in [1.82, 2.24) is 5.32 Å². The summed E-state index contributed by atoms with van der Waals surface area (Å²) in [4.78, 5) is 3.17. The summed E-state index contributed by atoms with van der Waals surface area (Å²) < 4.78 is 0. The number of unbranched alkanes of at least 4 members (excludes halogenated alkanes) is 1. The van der Waals surface area contributed by atoms with Crippen LogP contribution in [-0.4, -0.2) is 6.54 Å². The molecule has 0 aliphatic heterocycles. The lowest BCUT2D eigenvalue weighted by atomic mass is 10.1. The van der Waals surface area contributed by atoms with Crippen LogP contribution in [0.2, 0.25) is 0 Å². The van der Waals surface area contributed by atoms with Gasteiger partial charge < -0.3 is 5.32 Å². The summed E-state index contributed by atoms with van der Waals surface area (Å²) in [6, 6.07) is 13.2. The first-order valence-corrected chi connectivity index (χ1v) is 8.58. The van der Waals surface area contributed by atoms with Crippen LogP contribution in [0, 0.1) is 0 Å². The van der Waals surface area contributed by atoms with E-state index in [-0.39, 0.29) is 0 Å². The van der Waals surface area contributed by atoms with Crippen LogP contribution in [0.4, 0.5) is 0 Å². The van der Waals surface area contributed by atoms with E-state index in [1.165, 1.54) is 49.0 Å². The van der Waals surface area contributed by atoms with Crippen molar-refractivity contribution in [3.63, 3.8) is 0 Å². The quantitative estimate of drug-likeness (QED) is 0.746. The summed E-state index contributed by atoms with van der Waals surface area (Å²) in [7, 11) is 0. The van der Waals surface area contributed by atoms with Gasteiger partial charge in [0, 0.05) is 16.3 Å². The molecule has 1 aromatic carbocycles. The maximum absolute atomic E-state index is 3.59. The first-order valence-electron chi connectivity index (χ1n) is 7.77. The molecule has 1 heterocycles. The van der Waals surface area contributed by atoms with Crippen molar-refractivity contribution in [3.8, 4) is 0 Å². The van der Waals surface area contributed by atoms with E-state index < -0.39 is 0 Å². The predicted octanol–water partition coefficient (Wildman–Crippen LogP) is 4.35. The SMILES string of the molecule is c1ccc(CCCCNCc2cc3c(s2)CCC3)cc1. The summed E-state index contributed by atoms with van der Waals surface area (Å²) >= 11 is 2.02. The third-order valence-corrected chi connectivity index (χ3v) is 5.25. The molecule has 0 spiro atoms. The monoisotopic (exact) mass is 285 g/mol. The van der Waals surface area contributed by atoms with Gasteiger partial charge in [0.15, 0.2) is 0 Å². The minimum Gasteiger partial charge on any atom is -0.312 e. The Kier molecular flexibility index (Phi) is 4.88. The molecule has 1 aromatic heterocycles. The molecule has 0 bridgehead atoms. The maximum atomic E-state index is 3.59.